The normalized spacial score (nSPS) is 12.2. The zero-order valence-corrected chi connectivity index (χ0v) is 14.6. The van der Waals surface area contributed by atoms with Gasteiger partial charge in [-0.05, 0) is 25.0 Å². The second-order valence-electron chi connectivity index (χ2n) is 6.16. The summed E-state index contributed by atoms with van der Waals surface area (Å²) < 4.78 is 1.83. The van der Waals surface area contributed by atoms with E-state index in [0.717, 1.165) is 42.6 Å². The number of hydrogen-bond donors (Lipinski definition) is 1. The fraction of sp³-hybridized carbons (Fsp3) is 0.368. The van der Waals surface area contributed by atoms with Crippen molar-refractivity contribution in [3.8, 4) is 11.3 Å². The van der Waals surface area contributed by atoms with Gasteiger partial charge in [-0.15, -0.1) is 5.10 Å². The van der Waals surface area contributed by atoms with Crippen LogP contribution in [0.4, 0.5) is 5.69 Å². The lowest BCUT2D eigenvalue weighted by Crippen LogP contribution is -2.22. The van der Waals surface area contributed by atoms with Gasteiger partial charge in [-0.25, -0.2) is 4.98 Å². The molecule has 6 nitrogen and oxygen atoms in total. The van der Waals surface area contributed by atoms with Crippen molar-refractivity contribution in [1.82, 2.24) is 19.6 Å². The predicted octanol–water partition coefficient (Wildman–Crippen LogP) is 3.95. The van der Waals surface area contributed by atoms with Crippen LogP contribution in [0.15, 0.2) is 42.9 Å². The third-order valence-electron chi connectivity index (χ3n) is 4.37. The molecule has 0 aliphatic rings. The first kappa shape index (κ1) is 17.1. The van der Waals surface area contributed by atoms with Crippen molar-refractivity contribution >= 4 is 17.4 Å². The van der Waals surface area contributed by atoms with Crippen molar-refractivity contribution in [1.29, 1.82) is 0 Å². The summed E-state index contributed by atoms with van der Waals surface area (Å²) >= 11 is 0. The number of unbranched alkanes of at least 4 members (excludes halogenated alkanes) is 1. The Labute approximate surface area is 147 Å². The van der Waals surface area contributed by atoms with Crippen LogP contribution in [-0.4, -0.2) is 25.5 Å². The van der Waals surface area contributed by atoms with Crippen LogP contribution in [0.1, 0.15) is 39.5 Å². The maximum Gasteiger partial charge on any atom is 0.254 e. The van der Waals surface area contributed by atoms with E-state index in [4.69, 9.17) is 0 Å². The Morgan fingerprint density at radius 2 is 2.04 bits per heavy atom. The van der Waals surface area contributed by atoms with Gasteiger partial charge in [0.2, 0.25) is 5.91 Å². The van der Waals surface area contributed by atoms with E-state index >= 15 is 0 Å². The molecule has 0 fully saturated rings. The molecule has 0 saturated carbocycles. The number of carbonyl (C=O) groups is 1. The Morgan fingerprint density at radius 3 is 2.72 bits per heavy atom. The quantitative estimate of drug-likeness (QED) is 0.708. The SMILES string of the molecule is CCCCC(CC)C(=O)Nc1ccc(-c2cn3ccnnc3n2)cc1. The Hall–Kier alpha value is -2.76. The number of amides is 1. The van der Waals surface area contributed by atoms with E-state index in [9.17, 15) is 4.79 Å². The van der Waals surface area contributed by atoms with Gasteiger partial charge < -0.3 is 5.32 Å². The fourth-order valence-electron chi connectivity index (χ4n) is 2.83. The molecular formula is C19H23N5O. The molecule has 1 amide bonds. The van der Waals surface area contributed by atoms with Gasteiger partial charge in [0, 0.05) is 29.6 Å². The highest BCUT2D eigenvalue weighted by atomic mass is 16.1. The topological polar surface area (TPSA) is 72.2 Å². The first-order valence-electron chi connectivity index (χ1n) is 8.79. The number of anilines is 1. The standard InChI is InChI=1S/C19H23N5O/c1-3-5-6-14(4-2)18(25)21-16-9-7-15(8-10-16)17-13-24-12-11-20-23-19(24)22-17/h7-14H,3-6H2,1-2H3,(H,21,25). The summed E-state index contributed by atoms with van der Waals surface area (Å²) in [4.78, 5) is 16.8. The molecule has 3 aromatic rings. The summed E-state index contributed by atoms with van der Waals surface area (Å²) in [5, 5.41) is 10.8. The first-order valence-corrected chi connectivity index (χ1v) is 8.79. The van der Waals surface area contributed by atoms with Crippen LogP contribution in [0.5, 0.6) is 0 Å². The van der Waals surface area contributed by atoms with Gasteiger partial charge in [0.25, 0.3) is 5.78 Å². The van der Waals surface area contributed by atoms with Crippen LogP contribution in [0.3, 0.4) is 0 Å². The molecule has 6 heteroatoms. The molecule has 1 unspecified atom stereocenters. The molecule has 0 bridgehead atoms. The molecule has 0 spiro atoms. The molecule has 25 heavy (non-hydrogen) atoms. The van der Waals surface area contributed by atoms with Gasteiger partial charge in [0.1, 0.15) is 0 Å². The third-order valence-corrected chi connectivity index (χ3v) is 4.37. The van der Waals surface area contributed by atoms with Crippen LogP contribution in [0.25, 0.3) is 17.0 Å². The van der Waals surface area contributed by atoms with E-state index in [-0.39, 0.29) is 11.8 Å². The first-order chi connectivity index (χ1) is 12.2. The van der Waals surface area contributed by atoms with Crippen LogP contribution in [0, 0.1) is 5.92 Å². The van der Waals surface area contributed by atoms with E-state index in [0.29, 0.717) is 5.78 Å². The van der Waals surface area contributed by atoms with Crippen LogP contribution < -0.4 is 5.32 Å². The van der Waals surface area contributed by atoms with E-state index in [2.05, 4.69) is 34.3 Å². The molecule has 2 aromatic heterocycles. The predicted molar refractivity (Wildman–Crippen MR) is 98.2 cm³/mol. The molecule has 130 valence electrons. The van der Waals surface area contributed by atoms with E-state index in [1.165, 1.54) is 0 Å². The fourth-order valence-corrected chi connectivity index (χ4v) is 2.83. The van der Waals surface area contributed by atoms with Crippen LogP contribution >= 0.6 is 0 Å². The second-order valence-corrected chi connectivity index (χ2v) is 6.16. The lowest BCUT2D eigenvalue weighted by molar-refractivity contribution is -0.120. The summed E-state index contributed by atoms with van der Waals surface area (Å²) in [5.41, 5.74) is 2.61. The highest BCUT2D eigenvalue weighted by molar-refractivity contribution is 5.92. The van der Waals surface area contributed by atoms with Crippen LogP contribution in [-0.2, 0) is 4.79 Å². The molecule has 0 saturated heterocycles. The average Bonchev–Trinajstić information content (AvgIpc) is 3.07. The number of fused-ring (bicyclic) bond motifs is 1. The number of nitrogens with zero attached hydrogens (tertiary/aromatic N) is 4. The minimum absolute atomic E-state index is 0.0802. The van der Waals surface area contributed by atoms with Gasteiger partial charge in [-0.1, -0.05) is 38.8 Å². The molecule has 0 aliphatic carbocycles. The third kappa shape index (κ3) is 4.02. The van der Waals surface area contributed by atoms with Crippen molar-refractivity contribution in [2.24, 2.45) is 5.92 Å². The summed E-state index contributed by atoms with van der Waals surface area (Å²) in [6.07, 6.45) is 9.36. The Bertz CT molecular complexity index is 807. The second kappa shape index (κ2) is 7.88. The van der Waals surface area contributed by atoms with Crippen molar-refractivity contribution in [3.63, 3.8) is 0 Å². The summed E-state index contributed by atoms with van der Waals surface area (Å²) in [6.45, 7) is 4.21. The highest BCUT2D eigenvalue weighted by Gasteiger charge is 2.16. The van der Waals surface area contributed by atoms with Crippen molar-refractivity contribution < 1.29 is 4.79 Å². The lowest BCUT2D eigenvalue weighted by Gasteiger charge is -2.14. The molecule has 3 rings (SSSR count). The maximum atomic E-state index is 12.4. The minimum atomic E-state index is 0.0802. The Balaban J connectivity index is 1.70. The van der Waals surface area contributed by atoms with Gasteiger partial charge in [-0.3, -0.25) is 9.20 Å². The molecule has 0 aliphatic heterocycles. The van der Waals surface area contributed by atoms with Gasteiger partial charge in [0.05, 0.1) is 11.9 Å². The molecule has 1 atom stereocenters. The van der Waals surface area contributed by atoms with Crippen molar-refractivity contribution in [2.45, 2.75) is 39.5 Å². The van der Waals surface area contributed by atoms with E-state index in [1.54, 1.807) is 6.20 Å². The number of aromatic nitrogens is 4. The van der Waals surface area contributed by atoms with E-state index < -0.39 is 0 Å². The summed E-state index contributed by atoms with van der Waals surface area (Å²) in [6, 6.07) is 7.74. The molecule has 2 heterocycles. The maximum absolute atomic E-state index is 12.4. The molecular weight excluding hydrogens is 314 g/mol. The largest absolute Gasteiger partial charge is 0.326 e. The summed E-state index contributed by atoms with van der Waals surface area (Å²) in [5.74, 6) is 0.750. The lowest BCUT2D eigenvalue weighted by atomic mass is 9.98. The number of hydrogen-bond acceptors (Lipinski definition) is 4. The van der Waals surface area contributed by atoms with E-state index in [1.807, 2.05) is 41.1 Å². The van der Waals surface area contributed by atoms with Crippen molar-refractivity contribution in [2.75, 3.05) is 5.32 Å². The molecule has 0 radical (unpaired) electrons. The highest BCUT2D eigenvalue weighted by Crippen LogP contribution is 2.22. The molecule has 1 N–H and O–H groups in total. The zero-order valence-electron chi connectivity index (χ0n) is 14.6. The number of carbonyl (C=O) groups excluding carboxylic acids is 1. The number of rotatable bonds is 7. The van der Waals surface area contributed by atoms with Gasteiger partial charge in [0.15, 0.2) is 0 Å². The number of benzene rings is 1. The van der Waals surface area contributed by atoms with Gasteiger partial charge >= 0.3 is 0 Å². The minimum Gasteiger partial charge on any atom is -0.326 e. The Morgan fingerprint density at radius 1 is 1.24 bits per heavy atom. The Kier molecular flexibility index (Phi) is 5.38. The number of nitrogens with one attached hydrogen (secondary N) is 1. The zero-order chi connectivity index (χ0) is 17.6. The summed E-state index contributed by atoms with van der Waals surface area (Å²) in [7, 11) is 0. The average molecular weight is 337 g/mol. The smallest absolute Gasteiger partial charge is 0.254 e. The number of imidazole rings is 1. The van der Waals surface area contributed by atoms with Crippen LogP contribution in [0.2, 0.25) is 0 Å². The van der Waals surface area contributed by atoms with Gasteiger partial charge in [-0.2, -0.15) is 5.10 Å². The molecule has 1 aromatic carbocycles. The van der Waals surface area contributed by atoms with Crippen molar-refractivity contribution in [3.05, 3.63) is 42.9 Å². The monoisotopic (exact) mass is 337 g/mol.